The largest absolute Gasteiger partial charge is 0.318 e. The third kappa shape index (κ3) is 1.43. The van der Waals surface area contributed by atoms with E-state index >= 15 is 0 Å². The van der Waals surface area contributed by atoms with Crippen LogP contribution in [0.25, 0.3) is 0 Å². The molecule has 78 valence electrons. The van der Waals surface area contributed by atoms with Crippen molar-refractivity contribution in [2.24, 2.45) is 7.05 Å². The molecule has 1 fully saturated rings. The molecule has 0 saturated carbocycles. The normalized spacial score (nSPS) is 21.1. The lowest BCUT2D eigenvalue weighted by Gasteiger charge is -2.32. The minimum absolute atomic E-state index is 0.210. The van der Waals surface area contributed by atoms with E-state index in [2.05, 4.69) is 34.1 Å². The van der Waals surface area contributed by atoms with Gasteiger partial charge in [-0.3, -0.25) is 0 Å². The summed E-state index contributed by atoms with van der Waals surface area (Å²) in [5.41, 5.74) is 0.210. The van der Waals surface area contributed by atoms with Crippen LogP contribution in [-0.4, -0.2) is 27.9 Å². The number of nitrogens with one attached hydrogen (secondary N) is 1. The fraction of sp³-hybridized carbons (Fsp3) is 0.800. The lowest BCUT2D eigenvalue weighted by molar-refractivity contribution is 0.311. The van der Waals surface area contributed by atoms with Gasteiger partial charge in [-0.15, -0.1) is 10.2 Å². The third-order valence-corrected chi connectivity index (χ3v) is 3.34. The average Bonchev–Trinajstić information content (AvgIpc) is 2.49. The Kier molecular flexibility index (Phi) is 2.31. The van der Waals surface area contributed by atoms with Crippen LogP contribution >= 0.6 is 0 Å². The molecule has 0 amide bonds. The molecule has 0 aliphatic carbocycles. The maximum absolute atomic E-state index is 4.30. The van der Waals surface area contributed by atoms with Crippen molar-refractivity contribution in [2.75, 3.05) is 13.1 Å². The highest BCUT2D eigenvalue weighted by atomic mass is 15.3. The first-order valence-corrected chi connectivity index (χ1v) is 5.21. The lowest BCUT2D eigenvalue weighted by Crippen LogP contribution is -2.39. The van der Waals surface area contributed by atoms with Crippen LogP contribution in [0.5, 0.6) is 0 Å². The van der Waals surface area contributed by atoms with Gasteiger partial charge in [0, 0.05) is 12.5 Å². The van der Waals surface area contributed by atoms with Gasteiger partial charge in [-0.2, -0.15) is 0 Å². The number of aromatic nitrogens is 3. The number of rotatable bonds is 1. The van der Waals surface area contributed by atoms with Crippen molar-refractivity contribution in [2.45, 2.75) is 32.1 Å². The molecule has 0 aromatic carbocycles. The molecule has 2 heterocycles. The molecule has 1 aliphatic heterocycles. The molecule has 2 rings (SSSR count). The van der Waals surface area contributed by atoms with Crippen molar-refractivity contribution in [3.63, 3.8) is 0 Å². The van der Waals surface area contributed by atoms with Gasteiger partial charge in [0.1, 0.15) is 11.6 Å². The summed E-state index contributed by atoms with van der Waals surface area (Å²) in [4.78, 5) is 0. The SMILES string of the molecule is Cc1nnc(C2(C)CCNCC2)n1C. The molecule has 1 aliphatic rings. The average molecular weight is 194 g/mol. The van der Waals surface area contributed by atoms with Gasteiger partial charge >= 0.3 is 0 Å². The zero-order valence-corrected chi connectivity index (χ0v) is 9.17. The fourth-order valence-electron chi connectivity index (χ4n) is 2.13. The van der Waals surface area contributed by atoms with E-state index < -0.39 is 0 Å². The highest BCUT2D eigenvalue weighted by Crippen LogP contribution is 2.31. The molecular formula is C10H18N4. The third-order valence-electron chi connectivity index (χ3n) is 3.34. The van der Waals surface area contributed by atoms with Gasteiger partial charge in [-0.1, -0.05) is 6.92 Å². The Labute approximate surface area is 84.7 Å². The predicted molar refractivity (Wildman–Crippen MR) is 55.2 cm³/mol. The summed E-state index contributed by atoms with van der Waals surface area (Å²) in [6, 6.07) is 0. The highest BCUT2D eigenvalue weighted by molar-refractivity contribution is 5.10. The van der Waals surface area contributed by atoms with Gasteiger partial charge < -0.3 is 9.88 Å². The van der Waals surface area contributed by atoms with Crippen LogP contribution in [-0.2, 0) is 12.5 Å². The Morgan fingerprint density at radius 3 is 2.43 bits per heavy atom. The molecule has 0 unspecified atom stereocenters. The van der Waals surface area contributed by atoms with E-state index in [1.54, 1.807) is 0 Å². The number of aryl methyl sites for hydroxylation is 1. The second kappa shape index (κ2) is 3.35. The van der Waals surface area contributed by atoms with E-state index in [-0.39, 0.29) is 5.41 Å². The van der Waals surface area contributed by atoms with Crippen molar-refractivity contribution in [1.29, 1.82) is 0 Å². The summed E-state index contributed by atoms with van der Waals surface area (Å²) in [7, 11) is 2.05. The highest BCUT2D eigenvalue weighted by Gasteiger charge is 2.33. The number of piperidine rings is 1. The first-order valence-electron chi connectivity index (χ1n) is 5.21. The maximum Gasteiger partial charge on any atom is 0.138 e. The van der Waals surface area contributed by atoms with E-state index in [1.807, 2.05) is 6.92 Å². The molecule has 4 nitrogen and oxygen atoms in total. The first-order chi connectivity index (χ1) is 6.63. The lowest BCUT2D eigenvalue weighted by atomic mass is 9.80. The Morgan fingerprint density at radius 1 is 1.29 bits per heavy atom. The van der Waals surface area contributed by atoms with Crippen molar-refractivity contribution in [3.05, 3.63) is 11.6 Å². The second-order valence-corrected chi connectivity index (χ2v) is 4.44. The van der Waals surface area contributed by atoms with Gasteiger partial charge in [0.15, 0.2) is 0 Å². The minimum atomic E-state index is 0.210. The van der Waals surface area contributed by atoms with Crippen LogP contribution < -0.4 is 5.32 Å². The molecule has 14 heavy (non-hydrogen) atoms. The Bertz CT molecular complexity index is 323. The molecule has 1 aromatic heterocycles. The number of hydrogen-bond acceptors (Lipinski definition) is 3. The summed E-state index contributed by atoms with van der Waals surface area (Å²) in [6.07, 6.45) is 2.30. The first kappa shape index (κ1) is 9.65. The summed E-state index contributed by atoms with van der Waals surface area (Å²) < 4.78 is 2.12. The van der Waals surface area contributed by atoms with Crippen molar-refractivity contribution < 1.29 is 0 Å². The van der Waals surface area contributed by atoms with Gasteiger partial charge in [-0.05, 0) is 32.9 Å². The molecular weight excluding hydrogens is 176 g/mol. The summed E-state index contributed by atoms with van der Waals surface area (Å²) in [5, 5.41) is 11.8. The van der Waals surface area contributed by atoms with Crippen molar-refractivity contribution >= 4 is 0 Å². The zero-order chi connectivity index (χ0) is 10.2. The molecule has 1 aromatic rings. The van der Waals surface area contributed by atoms with Crippen LogP contribution in [0, 0.1) is 6.92 Å². The van der Waals surface area contributed by atoms with Crippen LogP contribution in [0.2, 0.25) is 0 Å². The van der Waals surface area contributed by atoms with E-state index in [4.69, 9.17) is 0 Å². The Balaban J connectivity index is 2.32. The van der Waals surface area contributed by atoms with E-state index in [1.165, 1.54) is 0 Å². The summed E-state index contributed by atoms with van der Waals surface area (Å²) >= 11 is 0. The van der Waals surface area contributed by atoms with Gasteiger partial charge in [0.2, 0.25) is 0 Å². The Morgan fingerprint density at radius 2 is 1.93 bits per heavy atom. The topological polar surface area (TPSA) is 42.7 Å². The van der Waals surface area contributed by atoms with E-state index in [0.29, 0.717) is 0 Å². The molecule has 0 bridgehead atoms. The second-order valence-electron chi connectivity index (χ2n) is 4.44. The summed E-state index contributed by atoms with van der Waals surface area (Å²) in [6.45, 7) is 6.46. The quantitative estimate of drug-likeness (QED) is 0.718. The standard InChI is InChI=1S/C10H18N4/c1-8-12-13-9(14(8)3)10(2)4-6-11-7-5-10/h11H,4-7H2,1-3H3. The number of nitrogens with zero attached hydrogens (tertiary/aromatic N) is 3. The van der Waals surface area contributed by atoms with Crippen molar-refractivity contribution in [3.8, 4) is 0 Å². The smallest absolute Gasteiger partial charge is 0.138 e. The molecule has 0 radical (unpaired) electrons. The molecule has 4 heteroatoms. The van der Waals surface area contributed by atoms with Crippen LogP contribution in [0.15, 0.2) is 0 Å². The van der Waals surface area contributed by atoms with Gasteiger partial charge in [0.05, 0.1) is 0 Å². The molecule has 1 saturated heterocycles. The zero-order valence-electron chi connectivity index (χ0n) is 9.17. The van der Waals surface area contributed by atoms with Crippen molar-refractivity contribution in [1.82, 2.24) is 20.1 Å². The fourth-order valence-corrected chi connectivity index (χ4v) is 2.13. The van der Waals surface area contributed by atoms with Gasteiger partial charge in [-0.25, -0.2) is 0 Å². The van der Waals surface area contributed by atoms with Crippen LogP contribution in [0.4, 0.5) is 0 Å². The molecule has 1 N–H and O–H groups in total. The van der Waals surface area contributed by atoms with E-state index in [9.17, 15) is 0 Å². The number of hydrogen-bond donors (Lipinski definition) is 1. The molecule has 0 spiro atoms. The molecule has 0 atom stereocenters. The minimum Gasteiger partial charge on any atom is -0.318 e. The van der Waals surface area contributed by atoms with Crippen LogP contribution in [0.1, 0.15) is 31.4 Å². The maximum atomic E-state index is 4.30. The predicted octanol–water partition coefficient (Wildman–Crippen LogP) is 0.765. The summed E-state index contributed by atoms with van der Waals surface area (Å²) in [5.74, 6) is 2.14. The van der Waals surface area contributed by atoms with Gasteiger partial charge in [0.25, 0.3) is 0 Å². The Hall–Kier alpha value is -0.900. The monoisotopic (exact) mass is 194 g/mol. The van der Waals surface area contributed by atoms with E-state index in [0.717, 1.165) is 37.6 Å². The van der Waals surface area contributed by atoms with Crippen LogP contribution in [0.3, 0.4) is 0 Å².